The molecular formula is C18H16FN3OS. The first-order chi connectivity index (χ1) is 11.6. The monoisotopic (exact) mass is 341 g/mol. The number of nitrogens with zero attached hydrogens (tertiary/aromatic N) is 2. The maximum Gasteiger partial charge on any atom is 0.251 e. The van der Waals surface area contributed by atoms with Crippen molar-refractivity contribution in [3.8, 4) is 10.6 Å². The standard InChI is InChI=1S/C18H16FN3OS/c1-12-16(24-18(22-12)14-3-2-9-20-11-14)8-10-21-17(23)13-4-6-15(19)7-5-13/h2-7,9,11H,8,10H2,1H3,(H,21,23). The molecule has 2 heterocycles. The fourth-order valence-electron chi connectivity index (χ4n) is 2.27. The number of amides is 1. The second-order valence-corrected chi connectivity index (χ2v) is 6.37. The number of hydrogen-bond acceptors (Lipinski definition) is 4. The van der Waals surface area contributed by atoms with Crippen molar-refractivity contribution in [2.45, 2.75) is 13.3 Å². The largest absolute Gasteiger partial charge is 0.352 e. The predicted octanol–water partition coefficient (Wildman–Crippen LogP) is 3.63. The summed E-state index contributed by atoms with van der Waals surface area (Å²) in [7, 11) is 0. The molecule has 6 heteroatoms. The molecule has 1 N–H and O–H groups in total. The summed E-state index contributed by atoms with van der Waals surface area (Å²) in [6.45, 7) is 2.47. The van der Waals surface area contributed by atoms with Crippen LogP contribution in [0.4, 0.5) is 4.39 Å². The van der Waals surface area contributed by atoms with Crippen LogP contribution in [0.3, 0.4) is 0 Å². The van der Waals surface area contributed by atoms with Gasteiger partial charge in [-0.25, -0.2) is 9.37 Å². The second-order valence-electron chi connectivity index (χ2n) is 5.28. The highest BCUT2D eigenvalue weighted by molar-refractivity contribution is 7.15. The van der Waals surface area contributed by atoms with Gasteiger partial charge < -0.3 is 5.32 Å². The lowest BCUT2D eigenvalue weighted by Crippen LogP contribution is -2.25. The lowest BCUT2D eigenvalue weighted by Gasteiger charge is -2.04. The minimum atomic E-state index is -0.352. The average Bonchev–Trinajstić information content (AvgIpc) is 2.97. The molecule has 1 amide bonds. The Morgan fingerprint density at radius 3 is 2.75 bits per heavy atom. The first-order valence-electron chi connectivity index (χ1n) is 7.54. The lowest BCUT2D eigenvalue weighted by molar-refractivity contribution is 0.0954. The van der Waals surface area contributed by atoms with E-state index in [1.807, 2.05) is 19.1 Å². The lowest BCUT2D eigenvalue weighted by atomic mass is 10.2. The van der Waals surface area contributed by atoms with Crippen molar-refractivity contribution in [1.82, 2.24) is 15.3 Å². The Morgan fingerprint density at radius 1 is 1.25 bits per heavy atom. The third-order valence-corrected chi connectivity index (χ3v) is 4.81. The Hall–Kier alpha value is -2.60. The van der Waals surface area contributed by atoms with E-state index in [0.717, 1.165) is 21.1 Å². The number of rotatable bonds is 5. The number of aromatic nitrogens is 2. The van der Waals surface area contributed by atoms with Crippen molar-refractivity contribution in [1.29, 1.82) is 0 Å². The van der Waals surface area contributed by atoms with Crippen LogP contribution in [0.25, 0.3) is 10.6 Å². The Balaban J connectivity index is 1.60. The van der Waals surface area contributed by atoms with Crippen LogP contribution in [-0.4, -0.2) is 22.4 Å². The van der Waals surface area contributed by atoms with Crippen molar-refractivity contribution in [3.05, 3.63) is 70.7 Å². The van der Waals surface area contributed by atoms with Crippen LogP contribution in [0.5, 0.6) is 0 Å². The van der Waals surface area contributed by atoms with Gasteiger partial charge in [0.05, 0.1) is 5.69 Å². The number of thiazole rings is 1. The SMILES string of the molecule is Cc1nc(-c2cccnc2)sc1CCNC(=O)c1ccc(F)cc1. The number of hydrogen-bond donors (Lipinski definition) is 1. The first kappa shape index (κ1) is 16.3. The van der Waals surface area contributed by atoms with Crippen molar-refractivity contribution >= 4 is 17.2 Å². The van der Waals surface area contributed by atoms with E-state index in [1.54, 1.807) is 23.7 Å². The summed E-state index contributed by atoms with van der Waals surface area (Å²) < 4.78 is 12.9. The van der Waals surface area contributed by atoms with Gasteiger partial charge in [-0.1, -0.05) is 0 Å². The Labute approximate surface area is 143 Å². The van der Waals surface area contributed by atoms with Crippen molar-refractivity contribution < 1.29 is 9.18 Å². The minimum Gasteiger partial charge on any atom is -0.352 e. The van der Waals surface area contributed by atoms with Crippen LogP contribution < -0.4 is 5.32 Å². The summed E-state index contributed by atoms with van der Waals surface area (Å²) in [5.74, 6) is -0.556. The van der Waals surface area contributed by atoms with Crippen LogP contribution in [0, 0.1) is 12.7 Å². The molecule has 3 rings (SSSR count). The molecule has 0 aliphatic carbocycles. The van der Waals surface area contributed by atoms with E-state index >= 15 is 0 Å². The molecule has 0 spiro atoms. The molecule has 1 aromatic carbocycles. The number of benzene rings is 1. The summed E-state index contributed by atoms with van der Waals surface area (Å²) in [4.78, 5) is 21.8. The quantitative estimate of drug-likeness (QED) is 0.771. The van der Waals surface area contributed by atoms with Gasteiger partial charge in [0.15, 0.2) is 0 Å². The second kappa shape index (κ2) is 7.31. The van der Waals surface area contributed by atoms with E-state index in [9.17, 15) is 9.18 Å². The molecule has 0 aliphatic rings. The molecule has 0 aliphatic heterocycles. The van der Waals surface area contributed by atoms with Crippen LogP contribution in [-0.2, 0) is 6.42 Å². The summed E-state index contributed by atoms with van der Waals surface area (Å²) in [6, 6.07) is 9.37. The zero-order chi connectivity index (χ0) is 16.9. The molecule has 0 bridgehead atoms. The molecule has 2 aromatic heterocycles. The van der Waals surface area contributed by atoms with Gasteiger partial charge in [0, 0.05) is 41.4 Å². The first-order valence-corrected chi connectivity index (χ1v) is 8.35. The Bertz CT molecular complexity index is 831. The molecule has 0 radical (unpaired) electrons. The van der Waals surface area contributed by atoms with Gasteiger partial charge in [-0.05, 0) is 43.3 Å². The topological polar surface area (TPSA) is 54.9 Å². The number of aryl methyl sites for hydroxylation is 1. The number of halogens is 1. The summed E-state index contributed by atoms with van der Waals surface area (Å²) in [6.07, 6.45) is 4.23. The minimum absolute atomic E-state index is 0.204. The molecule has 4 nitrogen and oxygen atoms in total. The van der Waals surface area contributed by atoms with Gasteiger partial charge in [0.1, 0.15) is 10.8 Å². The van der Waals surface area contributed by atoms with Crippen LogP contribution in [0.1, 0.15) is 20.9 Å². The molecule has 0 saturated heterocycles. The van der Waals surface area contributed by atoms with Crippen molar-refractivity contribution in [2.75, 3.05) is 6.54 Å². The molecule has 0 atom stereocenters. The number of carbonyl (C=O) groups is 1. The normalized spacial score (nSPS) is 10.6. The van der Waals surface area contributed by atoms with Crippen LogP contribution in [0.15, 0.2) is 48.8 Å². The predicted molar refractivity (Wildman–Crippen MR) is 92.5 cm³/mol. The fraction of sp³-hybridized carbons (Fsp3) is 0.167. The smallest absolute Gasteiger partial charge is 0.251 e. The molecule has 0 unspecified atom stereocenters. The van der Waals surface area contributed by atoms with E-state index in [2.05, 4.69) is 15.3 Å². The van der Waals surface area contributed by atoms with Gasteiger partial charge in [0.2, 0.25) is 0 Å². The zero-order valence-electron chi connectivity index (χ0n) is 13.1. The summed E-state index contributed by atoms with van der Waals surface area (Å²) in [5, 5.41) is 3.78. The van der Waals surface area contributed by atoms with Crippen molar-refractivity contribution in [2.24, 2.45) is 0 Å². The van der Waals surface area contributed by atoms with Gasteiger partial charge in [0.25, 0.3) is 5.91 Å². The van der Waals surface area contributed by atoms with Gasteiger partial charge >= 0.3 is 0 Å². The third kappa shape index (κ3) is 3.83. The van der Waals surface area contributed by atoms with E-state index in [0.29, 0.717) is 18.5 Å². The van der Waals surface area contributed by atoms with Crippen molar-refractivity contribution in [3.63, 3.8) is 0 Å². The molecule has 0 saturated carbocycles. The highest BCUT2D eigenvalue weighted by Crippen LogP contribution is 2.27. The zero-order valence-corrected chi connectivity index (χ0v) is 13.9. The van der Waals surface area contributed by atoms with E-state index in [1.165, 1.54) is 24.3 Å². The molecule has 0 fully saturated rings. The summed E-state index contributed by atoms with van der Waals surface area (Å²) >= 11 is 1.61. The maximum absolute atomic E-state index is 12.9. The fourth-order valence-corrected chi connectivity index (χ4v) is 3.32. The van der Waals surface area contributed by atoms with E-state index in [4.69, 9.17) is 0 Å². The highest BCUT2D eigenvalue weighted by atomic mass is 32.1. The molecule has 3 aromatic rings. The number of pyridine rings is 1. The van der Waals surface area contributed by atoms with Gasteiger partial charge in [-0.15, -0.1) is 11.3 Å². The average molecular weight is 341 g/mol. The molecular weight excluding hydrogens is 325 g/mol. The molecule has 24 heavy (non-hydrogen) atoms. The van der Waals surface area contributed by atoms with E-state index < -0.39 is 0 Å². The van der Waals surface area contributed by atoms with Gasteiger partial charge in [-0.3, -0.25) is 9.78 Å². The Kier molecular flexibility index (Phi) is 4.96. The highest BCUT2D eigenvalue weighted by Gasteiger charge is 2.10. The third-order valence-electron chi connectivity index (χ3n) is 3.55. The van der Waals surface area contributed by atoms with Gasteiger partial charge in [-0.2, -0.15) is 0 Å². The number of nitrogens with one attached hydrogen (secondary N) is 1. The number of carbonyl (C=O) groups excluding carboxylic acids is 1. The maximum atomic E-state index is 12.9. The van der Waals surface area contributed by atoms with Crippen LogP contribution >= 0.6 is 11.3 Å². The molecule has 122 valence electrons. The van der Waals surface area contributed by atoms with E-state index in [-0.39, 0.29) is 11.7 Å². The van der Waals surface area contributed by atoms with Crippen LogP contribution in [0.2, 0.25) is 0 Å². The summed E-state index contributed by atoms with van der Waals surface area (Å²) in [5.41, 5.74) is 2.41. The Morgan fingerprint density at radius 2 is 2.04 bits per heavy atom.